The van der Waals surface area contributed by atoms with Crippen LogP contribution in [0.25, 0.3) is 65.3 Å². The molecule has 0 saturated carbocycles. The molecule has 1 heterocycles. The first-order valence-corrected chi connectivity index (χ1v) is 18.8. The number of hydrogen-bond donors (Lipinski definition) is 0. The van der Waals surface area contributed by atoms with Gasteiger partial charge >= 0.3 is 0 Å². The maximum Gasteiger partial charge on any atom is 0.0375 e. The van der Waals surface area contributed by atoms with Crippen LogP contribution in [0.15, 0.2) is 174 Å². The van der Waals surface area contributed by atoms with Crippen molar-refractivity contribution >= 4 is 54.9 Å². The molecule has 51 heavy (non-hydrogen) atoms. The van der Waals surface area contributed by atoms with Crippen molar-refractivity contribution in [1.82, 2.24) is 0 Å². The molecule has 1 aliphatic heterocycles. The quantitative estimate of drug-likeness (QED) is 0.166. The van der Waals surface area contributed by atoms with Crippen LogP contribution in [-0.2, 0) is 5.41 Å². The van der Waals surface area contributed by atoms with Crippen molar-refractivity contribution in [2.75, 3.05) is 0 Å². The van der Waals surface area contributed by atoms with Gasteiger partial charge < -0.3 is 0 Å². The molecule has 2 aliphatic rings. The summed E-state index contributed by atoms with van der Waals surface area (Å²) in [5.74, 6) is 0.0720. The second-order valence-electron chi connectivity index (χ2n) is 14.8. The van der Waals surface area contributed by atoms with E-state index in [1.165, 1.54) is 103 Å². The first-order valence-electron chi connectivity index (χ1n) is 18.0. The zero-order valence-corrected chi connectivity index (χ0v) is 29.4. The van der Waals surface area contributed by atoms with E-state index in [-0.39, 0.29) is 11.3 Å². The average molecular weight is 667 g/mol. The Labute approximate surface area is 302 Å². The molecule has 0 N–H and O–H groups in total. The molecular weight excluding hydrogens is 633 g/mol. The lowest BCUT2D eigenvalue weighted by Gasteiger charge is -2.33. The fraction of sp³-hybridized carbons (Fsp3) is 0.0800. The second kappa shape index (κ2) is 10.7. The van der Waals surface area contributed by atoms with Crippen LogP contribution in [0.3, 0.4) is 0 Å². The van der Waals surface area contributed by atoms with Gasteiger partial charge in [-0.1, -0.05) is 183 Å². The molecule has 240 valence electrons. The molecule has 0 unspecified atom stereocenters. The third-order valence-electron chi connectivity index (χ3n) is 11.8. The number of benzene rings is 9. The van der Waals surface area contributed by atoms with E-state index in [4.69, 9.17) is 0 Å². The molecule has 0 amide bonds. The van der Waals surface area contributed by atoms with Crippen molar-refractivity contribution in [3.63, 3.8) is 0 Å². The summed E-state index contributed by atoms with van der Waals surface area (Å²) in [5, 5.41) is 10.7. The standard InChI is InChI=1S/C50H34S/c1-50(2)43-22-12-11-17-37(43)38-28-27-32(29-44(38)50)30-23-25-31(26-24-30)45-46-39-18-7-3-13-33(39)35-15-5-9-20-41(35)48(46)51-49-42-21-10-6-16-36(42)34-14-4-8-19-40(34)47(45)49/h3-29,45H,1-2H3. The summed E-state index contributed by atoms with van der Waals surface area (Å²) in [6.45, 7) is 4.73. The van der Waals surface area contributed by atoms with Crippen LogP contribution in [0.2, 0.25) is 0 Å². The SMILES string of the molecule is CC1(C)c2ccccc2-c2ccc(-c3ccc(C4c5c(c6ccccc6c6ccccc56)Sc5c4c4ccccc4c4ccccc54)cc3)cc21. The van der Waals surface area contributed by atoms with Gasteiger partial charge in [-0.05, 0) is 99.2 Å². The van der Waals surface area contributed by atoms with Gasteiger partial charge in [0.25, 0.3) is 0 Å². The summed E-state index contributed by atoms with van der Waals surface area (Å²) < 4.78 is 0. The molecule has 0 radical (unpaired) electrons. The van der Waals surface area contributed by atoms with Crippen molar-refractivity contribution in [3.8, 4) is 22.3 Å². The Morgan fingerprint density at radius 1 is 0.392 bits per heavy atom. The Kier molecular flexibility index (Phi) is 6.11. The predicted octanol–water partition coefficient (Wildman–Crippen LogP) is 13.9. The molecule has 9 aromatic carbocycles. The third-order valence-corrected chi connectivity index (χ3v) is 13.1. The summed E-state index contributed by atoms with van der Waals surface area (Å²) >= 11 is 1.98. The summed E-state index contributed by atoms with van der Waals surface area (Å²) in [7, 11) is 0. The molecule has 9 aromatic rings. The van der Waals surface area contributed by atoms with Crippen LogP contribution in [0, 0.1) is 0 Å². The van der Waals surface area contributed by atoms with Gasteiger partial charge in [0, 0.05) is 21.1 Å². The number of rotatable bonds is 2. The number of fused-ring (bicyclic) bond motifs is 15. The summed E-state index contributed by atoms with van der Waals surface area (Å²) in [6, 6.07) is 61.7. The first-order chi connectivity index (χ1) is 25.1. The molecule has 0 spiro atoms. The van der Waals surface area contributed by atoms with Crippen LogP contribution in [0.4, 0.5) is 0 Å². The highest BCUT2D eigenvalue weighted by Crippen LogP contribution is 2.58. The van der Waals surface area contributed by atoms with E-state index in [2.05, 4.69) is 178 Å². The van der Waals surface area contributed by atoms with Crippen LogP contribution >= 0.6 is 11.8 Å². The van der Waals surface area contributed by atoms with E-state index in [0.717, 1.165) is 0 Å². The topological polar surface area (TPSA) is 0 Å². The van der Waals surface area contributed by atoms with E-state index >= 15 is 0 Å². The van der Waals surface area contributed by atoms with E-state index in [0.29, 0.717) is 0 Å². The normalized spacial score (nSPS) is 14.5. The first kappa shape index (κ1) is 29.1. The smallest absolute Gasteiger partial charge is 0.0375 e. The minimum absolute atomic E-state index is 0.0251. The van der Waals surface area contributed by atoms with Gasteiger partial charge in [-0.2, -0.15) is 0 Å². The maximum absolute atomic E-state index is 2.44. The van der Waals surface area contributed by atoms with E-state index in [1.54, 1.807) is 0 Å². The van der Waals surface area contributed by atoms with Gasteiger partial charge in [0.1, 0.15) is 0 Å². The Hall–Kier alpha value is -5.63. The molecule has 1 aliphatic carbocycles. The molecular formula is C50H34S. The van der Waals surface area contributed by atoms with Gasteiger partial charge in [-0.15, -0.1) is 0 Å². The van der Waals surface area contributed by atoms with Crippen molar-refractivity contribution in [2.45, 2.75) is 35.0 Å². The largest absolute Gasteiger partial charge is 0.0881 e. The van der Waals surface area contributed by atoms with E-state index < -0.39 is 0 Å². The highest BCUT2D eigenvalue weighted by atomic mass is 32.2. The summed E-state index contributed by atoms with van der Waals surface area (Å²) in [5.41, 5.74) is 12.2. The maximum atomic E-state index is 2.44. The van der Waals surface area contributed by atoms with Crippen LogP contribution in [0.1, 0.15) is 47.6 Å². The molecule has 0 atom stereocenters. The molecule has 0 nitrogen and oxygen atoms in total. The lowest BCUT2D eigenvalue weighted by Crippen LogP contribution is -2.14. The summed E-state index contributed by atoms with van der Waals surface area (Å²) in [6.07, 6.45) is 0. The molecule has 0 bridgehead atoms. The van der Waals surface area contributed by atoms with Gasteiger partial charge in [-0.25, -0.2) is 0 Å². The van der Waals surface area contributed by atoms with E-state index in [9.17, 15) is 0 Å². The van der Waals surface area contributed by atoms with Crippen molar-refractivity contribution in [1.29, 1.82) is 0 Å². The molecule has 11 rings (SSSR count). The van der Waals surface area contributed by atoms with Gasteiger partial charge in [0.2, 0.25) is 0 Å². The van der Waals surface area contributed by atoms with Crippen LogP contribution < -0.4 is 0 Å². The number of hydrogen-bond acceptors (Lipinski definition) is 1. The molecule has 0 aromatic heterocycles. The Morgan fingerprint density at radius 2 is 0.824 bits per heavy atom. The highest BCUT2D eigenvalue weighted by molar-refractivity contribution is 8.00. The second-order valence-corrected chi connectivity index (χ2v) is 15.8. The lowest BCUT2D eigenvalue weighted by atomic mass is 9.78. The molecule has 1 heteroatoms. The minimum Gasteiger partial charge on any atom is -0.0881 e. The summed E-state index contributed by atoms with van der Waals surface area (Å²) in [4.78, 5) is 2.76. The van der Waals surface area contributed by atoms with Gasteiger partial charge in [0.05, 0.1) is 0 Å². The Balaban J connectivity index is 1.16. The van der Waals surface area contributed by atoms with Crippen LogP contribution in [0.5, 0.6) is 0 Å². The predicted molar refractivity (Wildman–Crippen MR) is 217 cm³/mol. The van der Waals surface area contributed by atoms with E-state index in [1.807, 2.05) is 11.8 Å². The highest BCUT2D eigenvalue weighted by Gasteiger charge is 2.36. The minimum atomic E-state index is -0.0251. The fourth-order valence-electron chi connectivity index (χ4n) is 9.40. The van der Waals surface area contributed by atoms with Crippen LogP contribution in [-0.4, -0.2) is 0 Å². The van der Waals surface area contributed by atoms with Gasteiger partial charge in [-0.3, -0.25) is 0 Å². The zero-order chi connectivity index (χ0) is 33.8. The lowest BCUT2D eigenvalue weighted by molar-refractivity contribution is 0.660. The molecule has 0 saturated heterocycles. The van der Waals surface area contributed by atoms with Crippen molar-refractivity contribution in [2.24, 2.45) is 0 Å². The Morgan fingerprint density at radius 3 is 1.39 bits per heavy atom. The third kappa shape index (κ3) is 4.04. The Bertz CT molecular complexity index is 2790. The zero-order valence-electron chi connectivity index (χ0n) is 28.6. The fourth-order valence-corrected chi connectivity index (χ4v) is 10.9. The molecule has 0 fully saturated rings. The average Bonchev–Trinajstić information content (AvgIpc) is 3.43. The van der Waals surface area contributed by atoms with Crippen molar-refractivity contribution in [3.05, 3.63) is 192 Å². The van der Waals surface area contributed by atoms with Crippen molar-refractivity contribution < 1.29 is 0 Å². The monoisotopic (exact) mass is 666 g/mol. The van der Waals surface area contributed by atoms with Gasteiger partial charge in [0.15, 0.2) is 0 Å².